The van der Waals surface area contributed by atoms with Crippen LogP contribution >= 0.6 is 27.5 Å². The minimum atomic E-state index is -0.560. The topological polar surface area (TPSA) is 61.6 Å². The summed E-state index contributed by atoms with van der Waals surface area (Å²) in [4.78, 5) is 11.3. The van der Waals surface area contributed by atoms with Crippen molar-refractivity contribution in [1.82, 2.24) is 0 Å². The number of primary amides is 1. The van der Waals surface area contributed by atoms with Crippen LogP contribution in [0, 0.1) is 0 Å². The lowest BCUT2D eigenvalue weighted by atomic mass is 10.2. The van der Waals surface area contributed by atoms with Gasteiger partial charge in [0.25, 0.3) is 5.91 Å². The first-order valence-electron chi connectivity index (χ1n) is 6.17. The second kappa shape index (κ2) is 7.33. The SMILES string of the molecule is NC(=O)c1ccc(Cl)cc1OCCOc1ccc(Br)cc1. The van der Waals surface area contributed by atoms with Crippen LogP contribution in [0.4, 0.5) is 0 Å². The van der Waals surface area contributed by atoms with E-state index in [4.69, 9.17) is 26.8 Å². The number of benzene rings is 2. The number of ether oxygens (including phenoxy) is 2. The normalized spacial score (nSPS) is 10.2. The van der Waals surface area contributed by atoms with Crippen LogP contribution in [-0.4, -0.2) is 19.1 Å². The van der Waals surface area contributed by atoms with E-state index in [2.05, 4.69) is 15.9 Å². The molecule has 0 unspecified atom stereocenters. The number of carbonyl (C=O) groups is 1. The summed E-state index contributed by atoms with van der Waals surface area (Å²) >= 11 is 9.23. The highest BCUT2D eigenvalue weighted by atomic mass is 79.9. The Morgan fingerprint density at radius 3 is 2.43 bits per heavy atom. The van der Waals surface area contributed by atoms with Crippen molar-refractivity contribution in [2.24, 2.45) is 5.73 Å². The zero-order valence-electron chi connectivity index (χ0n) is 11.0. The summed E-state index contributed by atoms with van der Waals surface area (Å²) in [5.74, 6) is 0.535. The third kappa shape index (κ3) is 4.65. The highest BCUT2D eigenvalue weighted by Crippen LogP contribution is 2.23. The van der Waals surface area contributed by atoms with E-state index in [1.807, 2.05) is 24.3 Å². The maximum absolute atomic E-state index is 11.3. The predicted octanol–water partition coefficient (Wildman–Crippen LogP) is 3.66. The number of rotatable bonds is 6. The molecule has 21 heavy (non-hydrogen) atoms. The molecule has 0 bridgehead atoms. The van der Waals surface area contributed by atoms with E-state index in [-0.39, 0.29) is 6.61 Å². The van der Waals surface area contributed by atoms with Crippen LogP contribution in [0.15, 0.2) is 46.9 Å². The van der Waals surface area contributed by atoms with Gasteiger partial charge in [0, 0.05) is 9.50 Å². The first kappa shape index (κ1) is 15.7. The largest absolute Gasteiger partial charge is 0.490 e. The summed E-state index contributed by atoms with van der Waals surface area (Å²) in [7, 11) is 0. The monoisotopic (exact) mass is 369 g/mol. The molecule has 0 spiro atoms. The average Bonchev–Trinajstić information content (AvgIpc) is 2.45. The van der Waals surface area contributed by atoms with E-state index in [0.29, 0.717) is 22.9 Å². The number of halogens is 2. The molecule has 0 radical (unpaired) electrons. The quantitative estimate of drug-likeness (QED) is 0.789. The number of carbonyl (C=O) groups excluding carboxylic acids is 1. The predicted molar refractivity (Wildman–Crippen MR) is 85.1 cm³/mol. The molecule has 0 aliphatic rings. The first-order valence-corrected chi connectivity index (χ1v) is 7.34. The standard InChI is InChI=1S/C15H13BrClNO3/c16-10-1-4-12(5-2-10)20-7-8-21-14-9-11(17)3-6-13(14)15(18)19/h1-6,9H,7-8H2,(H2,18,19). The van der Waals surface area contributed by atoms with E-state index in [9.17, 15) is 4.79 Å². The summed E-state index contributed by atoms with van der Waals surface area (Å²) in [6.07, 6.45) is 0. The van der Waals surface area contributed by atoms with E-state index >= 15 is 0 Å². The van der Waals surface area contributed by atoms with E-state index in [1.165, 1.54) is 6.07 Å². The van der Waals surface area contributed by atoms with Gasteiger partial charge in [-0.15, -0.1) is 0 Å². The third-order valence-electron chi connectivity index (χ3n) is 2.63. The zero-order valence-corrected chi connectivity index (χ0v) is 13.4. The molecule has 0 aliphatic carbocycles. The Bertz CT molecular complexity index is 631. The molecule has 0 atom stereocenters. The Labute approximate surface area is 135 Å². The molecule has 2 N–H and O–H groups in total. The minimum Gasteiger partial charge on any atom is -0.490 e. The third-order valence-corrected chi connectivity index (χ3v) is 3.40. The van der Waals surface area contributed by atoms with E-state index < -0.39 is 5.91 Å². The van der Waals surface area contributed by atoms with Gasteiger partial charge in [0.1, 0.15) is 24.7 Å². The van der Waals surface area contributed by atoms with Crippen molar-refractivity contribution in [2.75, 3.05) is 13.2 Å². The summed E-state index contributed by atoms with van der Waals surface area (Å²) < 4.78 is 12.0. The summed E-state index contributed by atoms with van der Waals surface area (Å²) in [5.41, 5.74) is 5.57. The number of nitrogens with two attached hydrogens (primary N) is 1. The van der Waals surface area contributed by atoms with Gasteiger partial charge in [0.2, 0.25) is 0 Å². The van der Waals surface area contributed by atoms with Gasteiger partial charge < -0.3 is 15.2 Å². The molecule has 0 saturated heterocycles. The van der Waals surface area contributed by atoms with Crippen molar-refractivity contribution in [3.8, 4) is 11.5 Å². The lowest BCUT2D eigenvalue weighted by Crippen LogP contribution is -2.15. The van der Waals surface area contributed by atoms with Crippen molar-refractivity contribution in [1.29, 1.82) is 0 Å². The van der Waals surface area contributed by atoms with Gasteiger partial charge in [-0.05, 0) is 42.5 Å². The first-order chi connectivity index (χ1) is 10.1. The summed E-state index contributed by atoms with van der Waals surface area (Å²) in [5, 5.41) is 0.476. The molecule has 110 valence electrons. The lowest BCUT2D eigenvalue weighted by molar-refractivity contribution is 0.0995. The van der Waals surface area contributed by atoms with Crippen LogP contribution in [-0.2, 0) is 0 Å². The Balaban J connectivity index is 1.90. The van der Waals surface area contributed by atoms with E-state index in [1.54, 1.807) is 12.1 Å². The Kier molecular flexibility index (Phi) is 5.47. The molecular weight excluding hydrogens is 358 g/mol. The molecule has 2 aromatic rings. The molecule has 0 fully saturated rings. The van der Waals surface area contributed by atoms with Gasteiger partial charge in [-0.2, -0.15) is 0 Å². The molecule has 0 saturated carbocycles. The Hall–Kier alpha value is -1.72. The van der Waals surface area contributed by atoms with Gasteiger partial charge in [-0.25, -0.2) is 0 Å². The number of hydrogen-bond donors (Lipinski definition) is 1. The fourth-order valence-electron chi connectivity index (χ4n) is 1.66. The fourth-order valence-corrected chi connectivity index (χ4v) is 2.09. The molecule has 0 heterocycles. The minimum absolute atomic E-state index is 0.274. The van der Waals surface area contributed by atoms with Gasteiger partial charge in [-0.1, -0.05) is 27.5 Å². The van der Waals surface area contributed by atoms with Crippen molar-refractivity contribution in [3.05, 3.63) is 57.5 Å². The second-order valence-electron chi connectivity index (χ2n) is 4.16. The molecule has 1 amide bonds. The Morgan fingerprint density at radius 1 is 1.10 bits per heavy atom. The fraction of sp³-hybridized carbons (Fsp3) is 0.133. The molecule has 2 aromatic carbocycles. The molecule has 6 heteroatoms. The summed E-state index contributed by atoms with van der Waals surface area (Å²) in [6.45, 7) is 0.614. The van der Waals surface area contributed by atoms with Crippen molar-refractivity contribution in [2.45, 2.75) is 0 Å². The molecule has 0 aliphatic heterocycles. The van der Waals surface area contributed by atoms with E-state index in [0.717, 1.165) is 10.2 Å². The Morgan fingerprint density at radius 2 is 1.76 bits per heavy atom. The second-order valence-corrected chi connectivity index (χ2v) is 5.51. The number of hydrogen-bond acceptors (Lipinski definition) is 3. The summed E-state index contributed by atoms with van der Waals surface area (Å²) in [6, 6.07) is 12.1. The molecular formula is C15H13BrClNO3. The average molecular weight is 371 g/mol. The van der Waals surface area contributed by atoms with Crippen LogP contribution in [0.5, 0.6) is 11.5 Å². The van der Waals surface area contributed by atoms with Crippen LogP contribution < -0.4 is 15.2 Å². The molecule has 4 nitrogen and oxygen atoms in total. The van der Waals surface area contributed by atoms with Crippen molar-refractivity contribution >= 4 is 33.4 Å². The highest BCUT2D eigenvalue weighted by molar-refractivity contribution is 9.10. The smallest absolute Gasteiger partial charge is 0.252 e. The maximum atomic E-state index is 11.3. The maximum Gasteiger partial charge on any atom is 0.252 e. The van der Waals surface area contributed by atoms with Crippen LogP contribution in [0.25, 0.3) is 0 Å². The number of amides is 1. The van der Waals surface area contributed by atoms with Crippen LogP contribution in [0.2, 0.25) is 5.02 Å². The van der Waals surface area contributed by atoms with Gasteiger partial charge in [0.15, 0.2) is 0 Å². The van der Waals surface area contributed by atoms with Gasteiger partial charge in [-0.3, -0.25) is 4.79 Å². The molecule has 2 rings (SSSR count). The molecule has 0 aromatic heterocycles. The van der Waals surface area contributed by atoms with Crippen LogP contribution in [0.1, 0.15) is 10.4 Å². The highest BCUT2D eigenvalue weighted by Gasteiger charge is 2.10. The van der Waals surface area contributed by atoms with Crippen LogP contribution in [0.3, 0.4) is 0 Å². The van der Waals surface area contributed by atoms with Crippen molar-refractivity contribution < 1.29 is 14.3 Å². The van der Waals surface area contributed by atoms with Crippen molar-refractivity contribution in [3.63, 3.8) is 0 Å². The lowest BCUT2D eigenvalue weighted by Gasteiger charge is -2.11. The zero-order chi connectivity index (χ0) is 15.2. The van der Waals surface area contributed by atoms with Gasteiger partial charge >= 0.3 is 0 Å². The van der Waals surface area contributed by atoms with Gasteiger partial charge in [0.05, 0.1) is 5.56 Å².